The summed E-state index contributed by atoms with van der Waals surface area (Å²) in [4.78, 5) is 4.50. The Kier molecular flexibility index (Phi) is 15.7. The molecule has 118 valence electrons. The normalized spacial score (nSPS) is 11.4. The van der Waals surface area contributed by atoms with Crippen LogP contribution in [0.5, 0.6) is 0 Å². The molecule has 5 nitrogen and oxygen atoms in total. The smallest absolute Gasteiger partial charge is 0.191 e. The van der Waals surface area contributed by atoms with Crippen LogP contribution in [-0.2, 0) is 9.47 Å². The third-order valence-corrected chi connectivity index (χ3v) is 3.23. The molecule has 0 aromatic rings. The quantitative estimate of drug-likeness (QED) is 0.234. The molecule has 0 unspecified atom stereocenters. The first kappa shape index (κ1) is 19.3. The molecule has 0 radical (unpaired) electrons. The number of nitrogens with one attached hydrogen (secondary N) is 2. The zero-order valence-electron chi connectivity index (χ0n) is 12.8. The SMILES string of the molecule is C=CCSCCNC(=NCCCOCCOC)NCC. The second kappa shape index (κ2) is 16.3. The maximum Gasteiger partial charge on any atom is 0.191 e. The van der Waals surface area contributed by atoms with Crippen LogP contribution in [0.2, 0.25) is 0 Å². The van der Waals surface area contributed by atoms with Gasteiger partial charge in [-0.25, -0.2) is 0 Å². The van der Waals surface area contributed by atoms with Gasteiger partial charge in [0.15, 0.2) is 5.96 Å². The fourth-order valence-corrected chi connectivity index (χ4v) is 1.93. The summed E-state index contributed by atoms with van der Waals surface area (Å²) in [6, 6.07) is 0. The fraction of sp³-hybridized carbons (Fsp3) is 0.786. The number of guanidine groups is 1. The number of rotatable bonds is 13. The molecule has 0 aliphatic carbocycles. The summed E-state index contributed by atoms with van der Waals surface area (Å²) in [6.45, 7) is 10.3. The summed E-state index contributed by atoms with van der Waals surface area (Å²) in [5, 5.41) is 6.55. The molecule has 0 aromatic carbocycles. The van der Waals surface area contributed by atoms with Gasteiger partial charge in [0.1, 0.15) is 0 Å². The molecule has 0 rings (SSSR count). The Morgan fingerprint density at radius 2 is 2.15 bits per heavy atom. The van der Waals surface area contributed by atoms with Crippen LogP contribution >= 0.6 is 11.8 Å². The topological polar surface area (TPSA) is 54.9 Å². The summed E-state index contributed by atoms with van der Waals surface area (Å²) >= 11 is 1.86. The molecule has 20 heavy (non-hydrogen) atoms. The molecule has 0 saturated carbocycles. The van der Waals surface area contributed by atoms with Crippen molar-refractivity contribution in [3.05, 3.63) is 12.7 Å². The van der Waals surface area contributed by atoms with Gasteiger partial charge in [0.2, 0.25) is 0 Å². The first-order valence-corrected chi connectivity index (χ1v) is 8.28. The van der Waals surface area contributed by atoms with Crippen molar-refractivity contribution in [1.29, 1.82) is 0 Å². The Bertz CT molecular complexity index is 251. The molecule has 0 atom stereocenters. The van der Waals surface area contributed by atoms with E-state index in [2.05, 4.69) is 29.1 Å². The van der Waals surface area contributed by atoms with Crippen molar-refractivity contribution < 1.29 is 9.47 Å². The molecule has 0 amide bonds. The van der Waals surface area contributed by atoms with Gasteiger partial charge in [0.05, 0.1) is 13.2 Å². The van der Waals surface area contributed by atoms with Crippen LogP contribution in [0.15, 0.2) is 17.6 Å². The van der Waals surface area contributed by atoms with E-state index >= 15 is 0 Å². The lowest BCUT2D eigenvalue weighted by Crippen LogP contribution is -2.38. The molecule has 0 spiro atoms. The maximum atomic E-state index is 5.39. The molecule has 2 N–H and O–H groups in total. The Morgan fingerprint density at radius 1 is 1.30 bits per heavy atom. The predicted molar refractivity (Wildman–Crippen MR) is 88.8 cm³/mol. The van der Waals surface area contributed by atoms with Crippen molar-refractivity contribution in [2.45, 2.75) is 13.3 Å². The monoisotopic (exact) mass is 303 g/mol. The van der Waals surface area contributed by atoms with Crippen molar-refractivity contribution in [2.24, 2.45) is 4.99 Å². The highest BCUT2D eigenvalue weighted by molar-refractivity contribution is 7.99. The zero-order valence-corrected chi connectivity index (χ0v) is 13.6. The fourth-order valence-electron chi connectivity index (χ4n) is 1.35. The van der Waals surface area contributed by atoms with E-state index in [4.69, 9.17) is 9.47 Å². The Hall–Kier alpha value is -0.720. The van der Waals surface area contributed by atoms with Crippen molar-refractivity contribution in [3.63, 3.8) is 0 Å². The van der Waals surface area contributed by atoms with Gasteiger partial charge < -0.3 is 20.1 Å². The highest BCUT2D eigenvalue weighted by Gasteiger charge is 1.96. The second-order valence-corrected chi connectivity index (χ2v) is 5.16. The molecule has 6 heteroatoms. The van der Waals surface area contributed by atoms with Crippen LogP contribution in [0.4, 0.5) is 0 Å². The van der Waals surface area contributed by atoms with E-state index < -0.39 is 0 Å². The highest BCUT2D eigenvalue weighted by atomic mass is 32.2. The molecule has 0 heterocycles. The van der Waals surface area contributed by atoms with Gasteiger partial charge in [-0.1, -0.05) is 6.08 Å². The minimum Gasteiger partial charge on any atom is -0.382 e. The molecule has 0 aliphatic rings. The predicted octanol–water partition coefficient (Wildman–Crippen LogP) is 1.51. The van der Waals surface area contributed by atoms with Gasteiger partial charge in [-0.3, -0.25) is 4.99 Å². The van der Waals surface area contributed by atoms with Crippen LogP contribution in [-0.4, -0.2) is 64.0 Å². The highest BCUT2D eigenvalue weighted by Crippen LogP contribution is 1.96. The zero-order chi connectivity index (χ0) is 14.9. The van der Waals surface area contributed by atoms with Crippen LogP contribution in [0.3, 0.4) is 0 Å². The van der Waals surface area contributed by atoms with Crippen LogP contribution in [0.25, 0.3) is 0 Å². The minimum absolute atomic E-state index is 0.649. The van der Waals surface area contributed by atoms with Gasteiger partial charge in [0, 0.05) is 44.9 Å². The van der Waals surface area contributed by atoms with Crippen molar-refractivity contribution in [3.8, 4) is 0 Å². The molecule has 0 bridgehead atoms. The Morgan fingerprint density at radius 3 is 2.85 bits per heavy atom. The molecule has 0 saturated heterocycles. The van der Waals surface area contributed by atoms with E-state index in [9.17, 15) is 0 Å². The van der Waals surface area contributed by atoms with Gasteiger partial charge in [0.25, 0.3) is 0 Å². The van der Waals surface area contributed by atoms with Gasteiger partial charge >= 0.3 is 0 Å². The van der Waals surface area contributed by atoms with Crippen LogP contribution in [0, 0.1) is 0 Å². The molecule has 0 fully saturated rings. The average molecular weight is 303 g/mol. The summed E-state index contributed by atoms with van der Waals surface area (Å²) in [5.74, 6) is 2.92. The Labute approximate surface area is 127 Å². The van der Waals surface area contributed by atoms with Gasteiger partial charge in [-0.2, -0.15) is 11.8 Å². The number of hydrogen-bond acceptors (Lipinski definition) is 4. The van der Waals surface area contributed by atoms with E-state index in [0.717, 1.165) is 50.1 Å². The molecule has 0 aliphatic heterocycles. The van der Waals surface area contributed by atoms with Crippen molar-refractivity contribution >= 4 is 17.7 Å². The number of hydrogen-bond donors (Lipinski definition) is 2. The Balaban J connectivity index is 3.64. The number of methoxy groups -OCH3 is 1. The van der Waals surface area contributed by atoms with E-state index in [0.29, 0.717) is 13.2 Å². The summed E-state index contributed by atoms with van der Waals surface area (Å²) in [5.41, 5.74) is 0. The van der Waals surface area contributed by atoms with E-state index in [-0.39, 0.29) is 0 Å². The van der Waals surface area contributed by atoms with Crippen LogP contribution < -0.4 is 10.6 Å². The molecule has 0 aromatic heterocycles. The van der Waals surface area contributed by atoms with Gasteiger partial charge in [-0.15, -0.1) is 6.58 Å². The molecular formula is C14H29N3O2S. The lowest BCUT2D eigenvalue weighted by Gasteiger charge is -2.10. The number of nitrogens with zero attached hydrogens (tertiary/aromatic N) is 1. The summed E-state index contributed by atoms with van der Waals surface area (Å²) in [6.07, 6.45) is 2.85. The third kappa shape index (κ3) is 13.7. The number of thioether (sulfide) groups is 1. The lowest BCUT2D eigenvalue weighted by atomic mass is 10.4. The van der Waals surface area contributed by atoms with E-state index in [1.807, 2.05) is 17.8 Å². The van der Waals surface area contributed by atoms with Gasteiger partial charge in [-0.05, 0) is 13.3 Å². The molecular weight excluding hydrogens is 274 g/mol. The van der Waals surface area contributed by atoms with E-state index in [1.165, 1.54) is 0 Å². The first-order chi connectivity index (χ1) is 9.85. The van der Waals surface area contributed by atoms with Crippen molar-refractivity contribution in [1.82, 2.24) is 10.6 Å². The summed E-state index contributed by atoms with van der Waals surface area (Å²) in [7, 11) is 1.68. The number of ether oxygens (including phenoxy) is 2. The van der Waals surface area contributed by atoms with Crippen LogP contribution in [0.1, 0.15) is 13.3 Å². The average Bonchev–Trinajstić information content (AvgIpc) is 2.46. The first-order valence-electron chi connectivity index (χ1n) is 7.12. The van der Waals surface area contributed by atoms with Crippen molar-refractivity contribution in [2.75, 3.05) is 58.1 Å². The third-order valence-electron chi connectivity index (χ3n) is 2.27. The standard InChI is InChI=1S/C14H29N3O2S/c1-4-12-20-13-8-17-14(15-5-2)16-7-6-9-19-11-10-18-3/h4H,1,5-13H2,2-3H3,(H2,15,16,17). The largest absolute Gasteiger partial charge is 0.382 e. The lowest BCUT2D eigenvalue weighted by molar-refractivity contribution is 0.0702. The maximum absolute atomic E-state index is 5.39. The summed E-state index contributed by atoms with van der Waals surface area (Å²) < 4.78 is 10.3. The minimum atomic E-state index is 0.649. The van der Waals surface area contributed by atoms with E-state index in [1.54, 1.807) is 7.11 Å². The second-order valence-electron chi connectivity index (χ2n) is 4.01. The number of aliphatic imine (C=N–C) groups is 1.